The van der Waals surface area contributed by atoms with E-state index in [1.54, 1.807) is 0 Å². The van der Waals surface area contributed by atoms with E-state index in [4.69, 9.17) is 4.74 Å². The molecule has 0 amide bonds. The average molecular weight is 284 g/mol. The van der Waals surface area contributed by atoms with E-state index in [1.807, 2.05) is 6.92 Å². The predicted molar refractivity (Wildman–Crippen MR) is 68.1 cm³/mol. The number of ether oxygens (including phenoxy) is 1. The van der Waals surface area contributed by atoms with Gasteiger partial charge in [-0.05, 0) is 12.3 Å². The number of aliphatic carboxylic acids is 1. The molecule has 0 aliphatic heterocycles. The van der Waals surface area contributed by atoms with Crippen molar-refractivity contribution in [3.8, 4) is 5.88 Å². The SMILES string of the molecule is CCC1CC(=O)CCC1(COc1cnsn1)C(=O)O. The van der Waals surface area contributed by atoms with Gasteiger partial charge in [-0.1, -0.05) is 13.3 Å². The number of nitrogens with zero attached hydrogens (tertiary/aromatic N) is 2. The third kappa shape index (κ3) is 2.75. The van der Waals surface area contributed by atoms with Crippen molar-refractivity contribution in [2.24, 2.45) is 11.3 Å². The number of hydrogen-bond acceptors (Lipinski definition) is 6. The molecule has 1 aromatic heterocycles. The van der Waals surface area contributed by atoms with Gasteiger partial charge in [0.15, 0.2) is 0 Å². The van der Waals surface area contributed by atoms with Crippen molar-refractivity contribution in [1.82, 2.24) is 8.75 Å². The van der Waals surface area contributed by atoms with Gasteiger partial charge in [0.25, 0.3) is 0 Å². The molecule has 1 fully saturated rings. The van der Waals surface area contributed by atoms with Crippen LogP contribution in [0.5, 0.6) is 5.88 Å². The lowest BCUT2D eigenvalue weighted by molar-refractivity contribution is -0.159. The maximum atomic E-state index is 11.7. The second kappa shape index (κ2) is 5.64. The highest BCUT2D eigenvalue weighted by molar-refractivity contribution is 6.99. The highest BCUT2D eigenvalue weighted by Crippen LogP contribution is 2.42. The van der Waals surface area contributed by atoms with E-state index in [2.05, 4.69) is 8.75 Å². The zero-order valence-corrected chi connectivity index (χ0v) is 11.5. The first kappa shape index (κ1) is 13.9. The highest BCUT2D eigenvalue weighted by atomic mass is 32.1. The Kier molecular flexibility index (Phi) is 4.14. The number of aromatic nitrogens is 2. The fraction of sp³-hybridized carbons (Fsp3) is 0.667. The minimum atomic E-state index is -0.994. The van der Waals surface area contributed by atoms with Gasteiger partial charge in [-0.15, -0.1) is 4.37 Å². The summed E-state index contributed by atoms with van der Waals surface area (Å²) in [6, 6.07) is 0. The molecule has 0 aromatic carbocycles. The minimum Gasteiger partial charge on any atom is -0.481 e. The van der Waals surface area contributed by atoms with Gasteiger partial charge in [-0.2, -0.15) is 4.37 Å². The standard InChI is InChI=1S/C12H16N2O4S/c1-2-8-5-9(15)3-4-12(8,11(16)17)7-18-10-6-13-19-14-10/h6,8H,2-5,7H2,1H3,(H,16,17). The van der Waals surface area contributed by atoms with E-state index in [0.717, 1.165) is 11.7 Å². The van der Waals surface area contributed by atoms with E-state index in [0.29, 0.717) is 31.6 Å². The van der Waals surface area contributed by atoms with Gasteiger partial charge in [0.05, 0.1) is 11.7 Å². The second-order valence-electron chi connectivity index (χ2n) is 4.84. The summed E-state index contributed by atoms with van der Waals surface area (Å²) in [5.41, 5.74) is -0.994. The Morgan fingerprint density at radius 1 is 1.68 bits per heavy atom. The molecule has 0 saturated heterocycles. The first-order valence-corrected chi connectivity index (χ1v) is 6.97. The molecule has 1 aliphatic carbocycles. The number of carboxylic acids is 1. The van der Waals surface area contributed by atoms with Crippen molar-refractivity contribution >= 4 is 23.5 Å². The van der Waals surface area contributed by atoms with Crippen molar-refractivity contribution in [2.75, 3.05) is 6.61 Å². The average Bonchev–Trinajstić information content (AvgIpc) is 2.90. The molecule has 19 heavy (non-hydrogen) atoms. The fourth-order valence-electron chi connectivity index (χ4n) is 2.63. The molecule has 1 aromatic rings. The first-order chi connectivity index (χ1) is 9.08. The number of carbonyl (C=O) groups excluding carboxylic acids is 1. The molecule has 7 heteroatoms. The van der Waals surface area contributed by atoms with Crippen LogP contribution >= 0.6 is 11.7 Å². The molecule has 6 nitrogen and oxygen atoms in total. The summed E-state index contributed by atoms with van der Waals surface area (Å²) in [6.45, 7) is 1.95. The number of hydrogen-bond donors (Lipinski definition) is 1. The van der Waals surface area contributed by atoms with Gasteiger partial charge in [0, 0.05) is 12.8 Å². The van der Waals surface area contributed by atoms with Gasteiger partial charge >= 0.3 is 5.97 Å². The third-order valence-corrected chi connectivity index (χ3v) is 4.30. The number of carbonyl (C=O) groups is 2. The molecule has 2 unspecified atom stereocenters. The largest absolute Gasteiger partial charge is 0.481 e. The van der Waals surface area contributed by atoms with Gasteiger partial charge < -0.3 is 9.84 Å². The summed E-state index contributed by atoms with van der Waals surface area (Å²) >= 11 is 1.01. The lowest BCUT2D eigenvalue weighted by atomic mass is 9.65. The zero-order valence-electron chi connectivity index (χ0n) is 10.7. The van der Waals surface area contributed by atoms with E-state index in [1.165, 1.54) is 6.20 Å². The Labute approximate surface area is 115 Å². The molecule has 2 atom stereocenters. The summed E-state index contributed by atoms with van der Waals surface area (Å²) in [7, 11) is 0. The van der Waals surface area contributed by atoms with E-state index in [9.17, 15) is 14.7 Å². The molecule has 1 saturated carbocycles. The van der Waals surface area contributed by atoms with E-state index >= 15 is 0 Å². The summed E-state index contributed by atoms with van der Waals surface area (Å²) < 4.78 is 13.2. The van der Waals surface area contributed by atoms with E-state index < -0.39 is 11.4 Å². The molecule has 1 heterocycles. The third-order valence-electron chi connectivity index (χ3n) is 3.84. The van der Waals surface area contributed by atoms with Crippen LogP contribution in [0.25, 0.3) is 0 Å². The van der Waals surface area contributed by atoms with Gasteiger partial charge in [-0.25, -0.2) is 0 Å². The van der Waals surface area contributed by atoms with Crippen molar-refractivity contribution < 1.29 is 19.4 Å². The summed E-state index contributed by atoms with van der Waals surface area (Å²) in [4.78, 5) is 23.2. The Bertz CT molecular complexity index is 462. The predicted octanol–water partition coefficient (Wildman–Crippen LogP) is 1.77. The number of ketones is 1. The van der Waals surface area contributed by atoms with Gasteiger partial charge in [0.1, 0.15) is 24.0 Å². The molecule has 0 spiro atoms. The molecular formula is C12H16N2O4S. The zero-order chi connectivity index (χ0) is 13.9. The van der Waals surface area contributed by atoms with Crippen LogP contribution in [0.1, 0.15) is 32.6 Å². The molecule has 2 rings (SSSR count). The molecule has 0 bridgehead atoms. The van der Waals surface area contributed by atoms with Crippen LogP contribution in [-0.2, 0) is 9.59 Å². The highest BCUT2D eigenvalue weighted by Gasteiger charge is 2.49. The number of rotatable bonds is 5. The lowest BCUT2D eigenvalue weighted by Crippen LogP contribution is -2.47. The summed E-state index contributed by atoms with van der Waals surface area (Å²) in [5.74, 6) is -0.593. The maximum absolute atomic E-state index is 11.7. The molecule has 0 radical (unpaired) electrons. The second-order valence-corrected chi connectivity index (χ2v) is 5.40. The monoisotopic (exact) mass is 284 g/mol. The molecule has 104 valence electrons. The topological polar surface area (TPSA) is 89.4 Å². The number of Topliss-reactive ketones (excluding diaryl/α,β-unsaturated/α-hetero) is 1. The van der Waals surface area contributed by atoms with Crippen LogP contribution in [0, 0.1) is 11.3 Å². The van der Waals surface area contributed by atoms with Crippen LogP contribution in [0.15, 0.2) is 6.20 Å². The van der Waals surface area contributed by atoms with Gasteiger partial charge in [-0.3, -0.25) is 9.59 Å². The van der Waals surface area contributed by atoms with Gasteiger partial charge in [0.2, 0.25) is 5.88 Å². The maximum Gasteiger partial charge on any atom is 0.313 e. The number of carboxylic acid groups (broad SMARTS) is 1. The molecule has 1 aliphatic rings. The van der Waals surface area contributed by atoms with Crippen molar-refractivity contribution in [3.63, 3.8) is 0 Å². The van der Waals surface area contributed by atoms with Crippen LogP contribution < -0.4 is 4.74 Å². The first-order valence-electron chi connectivity index (χ1n) is 6.24. The van der Waals surface area contributed by atoms with Crippen molar-refractivity contribution in [2.45, 2.75) is 32.6 Å². The normalized spacial score (nSPS) is 27.2. The minimum absolute atomic E-state index is 0.0412. The van der Waals surface area contributed by atoms with Crippen LogP contribution in [0.4, 0.5) is 0 Å². The quantitative estimate of drug-likeness (QED) is 0.886. The Balaban J connectivity index is 2.16. The fourth-order valence-corrected chi connectivity index (χ4v) is 2.99. The lowest BCUT2D eigenvalue weighted by Gasteiger charge is -2.39. The van der Waals surface area contributed by atoms with Crippen molar-refractivity contribution in [1.29, 1.82) is 0 Å². The van der Waals surface area contributed by atoms with E-state index in [-0.39, 0.29) is 18.3 Å². The van der Waals surface area contributed by atoms with Crippen LogP contribution in [0.3, 0.4) is 0 Å². The molecule has 1 N–H and O–H groups in total. The Hall–Kier alpha value is -1.50. The Morgan fingerprint density at radius 2 is 2.47 bits per heavy atom. The van der Waals surface area contributed by atoms with Crippen LogP contribution in [-0.4, -0.2) is 32.2 Å². The Morgan fingerprint density at radius 3 is 3.05 bits per heavy atom. The van der Waals surface area contributed by atoms with Crippen molar-refractivity contribution in [3.05, 3.63) is 6.20 Å². The summed E-state index contributed by atoms with van der Waals surface area (Å²) in [5, 5.41) is 9.58. The van der Waals surface area contributed by atoms with Crippen LogP contribution in [0.2, 0.25) is 0 Å². The smallest absolute Gasteiger partial charge is 0.313 e. The molecular weight excluding hydrogens is 268 g/mol. The summed E-state index contributed by atoms with van der Waals surface area (Å²) in [6.07, 6.45) is 3.08.